The molecule has 0 bridgehead atoms. The average molecular weight is 455 g/mol. The molecule has 32 heavy (non-hydrogen) atoms. The first-order valence-corrected chi connectivity index (χ1v) is 11.8. The molecule has 1 heterocycles. The van der Waals surface area contributed by atoms with Gasteiger partial charge in [0, 0.05) is 12.5 Å². The fourth-order valence-corrected chi connectivity index (χ4v) is 4.89. The summed E-state index contributed by atoms with van der Waals surface area (Å²) in [6.45, 7) is 6.15. The first-order valence-electron chi connectivity index (χ1n) is 11.8. The lowest BCUT2D eigenvalue weighted by Crippen LogP contribution is -2.58. The topological polar surface area (TPSA) is 151 Å². The molecule has 0 aromatic rings. The van der Waals surface area contributed by atoms with Crippen LogP contribution in [0.4, 0.5) is 4.79 Å². The third-order valence-electron chi connectivity index (χ3n) is 7.16. The second-order valence-corrected chi connectivity index (χ2v) is 9.86. The van der Waals surface area contributed by atoms with E-state index >= 15 is 0 Å². The Hall–Kier alpha value is -1.75. The number of nitrogens with one attached hydrogen (secondary N) is 3. The summed E-state index contributed by atoms with van der Waals surface area (Å²) in [6.07, 6.45) is 2.15. The van der Waals surface area contributed by atoms with E-state index in [1.807, 2.05) is 20.8 Å². The number of ketones is 1. The summed E-state index contributed by atoms with van der Waals surface area (Å²) >= 11 is 0. The minimum Gasteiger partial charge on any atom is -0.480 e. The van der Waals surface area contributed by atoms with Crippen LogP contribution in [0.25, 0.3) is 0 Å². The van der Waals surface area contributed by atoms with Crippen molar-refractivity contribution in [3.05, 3.63) is 0 Å². The Morgan fingerprint density at radius 2 is 1.84 bits per heavy atom. The van der Waals surface area contributed by atoms with E-state index in [0.717, 1.165) is 19.3 Å². The lowest BCUT2D eigenvalue weighted by atomic mass is 9.97. The molecule has 3 unspecified atom stereocenters. The molecule has 0 radical (unpaired) electrons. The van der Waals surface area contributed by atoms with Crippen LogP contribution in [0.3, 0.4) is 0 Å². The number of carboxylic acids is 1. The quantitative estimate of drug-likeness (QED) is 0.229. The van der Waals surface area contributed by atoms with Gasteiger partial charge in [-0.1, -0.05) is 27.2 Å². The highest BCUT2D eigenvalue weighted by molar-refractivity contribution is 5.91. The Bertz CT molecular complexity index is 715. The van der Waals surface area contributed by atoms with Crippen LogP contribution in [0.5, 0.6) is 0 Å². The molecule has 0 aromatic heterocycles. The summed E-state index contributed by atoms with van der Waals surface area (Å²) in [5.74, 6) is -0.916. The molecule has 1 saturated heterocycles. The van der Waals surface area contributed by atoms with Gasteiger partial charge in [0.15, 0.2) is 5.78 Å². The number of nitrogens with zero attached hydrogens (tertiary/aromatic N) is 1. The number of carbonyl (C=O) groups is 3. The fraction of sp³-hybridized carbons (Fsp3) is 0.864. The number of urea groups is 1. The number of hydrogen-bond donors (Lipinski definition) is 6. The van der Waals surface area contributed by atoms with Gasteiger partial charge in [0.25, 0.3) is 0 Å². The van der Waals surface area contributed by atoms with E-state index in [9.17, 15) is 29.7 Å². The van der Waals surface area contributed by atoms with Crippen molar-refractivity contribution in [1.82, 2.24) is 20.9 Å². The van der Waals surface area contributed by atoms with Crippen molar-refractivity contribution >= 4 is 17.8 Å². The van der Waals surface area contributed by atoms with Gasteiger partial charge in [-0.3, -0.25) is 19.8 Å². The SMILES string of the molecule is CCC1C[C@]1(NC(O)[C@@H]1CCCN1C(O)CNC(=O)N[C@H](C(=O)C1CC1)C(C)C)C(=O)O. The number of aliphatic carboxylic acids is 1. The summed E-state index contributed by atoms with van der Waals surface area (Å²) in [5.41, 5.74) is -1.11. The molecule has 10 nitrogen and oxygen atoms in total. The largest absolute Gasteiger partial charge is 0.480 e. The van der Waals surface area contributed by atoms with Crippen molar-refractivity contribution in [3.63, 3.8) is 0 Å². The van der Waals surface area contributed by atoms with Crippen LogP contribution in [0.1, 0.15) is 59.3 Å². The molecule has 3 fully saturated rings. The number of carboxylic acid groups (broad SMARTS) is 1. The monoisotopic (exact) mass is 454 g/mol. The van der Waals surface area contributed by atoms with E-state index in [1.165, 1.54) is 0 Å². The predicted molar refractivity (Wildman–Crippen MR) is 117 cm³/mol. The molecule has 2 saturated carbocycles. The number of amides is 2. The van der Waals surface area contributed by atoms with E-state index in [2.05, 4.69) is 16.0 Å². The summed E-state index contributed by atoms with van der Waals surface area (Å²) in [5, 5.41) is 39.2. The van der Waals surface area contributed by atoms with Crippen LogP contribution in [0.15, 0.2) is 0 Å². The van der Waals surface area contributed by atoms with Gasteiger partial charge >= 0.3 is 12.0 Å². The Kier molecular flexibility index (Phi) is 7.80. The van der Waals surface area contributed by atoms with Crippen LogP contribution in [-0.4, -0.2) is 81.2 Å². The summed E-state index contributed by atoms with van der Waals surface area (Å²) in [6, 6.07) is -1.52. The van der Waals surface area contributed by atoms with Crippen molar-refractivity contribution < 1.29 is 29.7 Å². The van der Waals surface area contributed by atoms with Crippen LogP contribution < -0.4 is 16.0 Å². The second kappa shape index (κ2) is 10.0. The standard InChI is InChI=1S/C22H38N4O6/c1-4-14-10-22(14,20(30)31)25-19(29)15-6-5-9-26(15)16(27)11-23-21(32)24-17(12(2)3)18(28)13-7-8-13/h12-17,19,25,27,29H,4-11H2,1-3H3,(H,30,31)(H2,23,24,32)/t14?,15-,16?,17-,19?,22+/m0/s1. The van der Waals surface area contributed by atoms with Gasteiger partial charge in [-0.25, -0.2) is 4.79 Å². The van der Waals surface area contributed by atoms with Crippen molar-refractivity contribution in [2.24, 2.45) is 17.8 Å². The molecule has 10 heteroatoms. The number of likely N-dealkylation sites (tertiary alicyclic amines) is 1. The Balaban J connectivity index is 1.50. The van der Waals surface area contributed by atoms with Crippen molar-refractivity contribution in [1.29, 1.82) is 0 Å². The minimum atomic E-state index is -1.11. The maximum absolute atomic E-state index is 12.4. The summed E-state index contributed by atoms with van der Waals surface area (Å²) < 4.78 is 0. The molecule has 3 aliphatic rings. The maximum atomic E-state index is 12.4. The normalized spacial score (nSPS) is 30.6. The highest BCUT2D eigenvalue weighted by Gasteiger charge is 2.60. The lowest BCUT2D eigenvalue weighted by Gasteiger charge is -2.34. The number of aliphatic hydroxyl groups excluding tert-OH is 2. The zero-order valence-electron chi connectivity index (χ0n) is 19.2. The lowest BCUT2D eigenvalue weighted by molar-refractivity contribution is -0.143. The number of hydrogen-bond acceptors (Lipinski definition) is 7. The molecule has 0 spiro atoms. The van der Waals surface area contributed by atoms with E-state index in [1.54, 1.807) is 4.90 Å². The highest BCUT2D eigenvalue weighted by Crippen LogP contribution is 2.46. The van der Waals surface area contributed by atoms with Gasteiger partial charge in [-0.2, -0.15) is 0 Å². The van der Waals surface area contributed by atoms with Gasteiger partial charge < -0.3 is 26.0 Å². The highest BCUT2D eigenvalue weighted by atomic mass is 16.4. The molecule has 3 rings (SSSR count). The molecule has 2 aliphatic carbocycles. The van der Waals surface area contributed by atoms with Crippen LogP contribution in [-0.2, 0) is 9.59 Å². The molecule has 2 amide bonds. The summed E-state index contributed by atoms with van der Waals surface area (Å²) in [4.78, 5) is 38.1. The predicted octanol–water partition coefficient (Wildman–Crippen LogP) is 0.233. The average Bonchev–Trinajstić information content (AvgIpc) is 3.66. The Morgan fingerprint density at radius 3 is 2.38 bits per heavy atom. The molecule has 182 valence electrons. The number of aliphatic hydroxyl groups is 2. The fourth-order valence-electron chi connectivity index (χ4n) is 4.89. The van der Waals surface area contributed by atoms with Gasteiger partial charge in [0.05, 0.1) is 18.6 Å². The number of Topliss-reactive ketones (excluding diaryl/α,β-unsaturated/α-hetero) is 1. The first-order chi connectivity index (χ1) is 15.1. The molecule has 1 aliphatic heterocycles. The van der Waals surface area contributed by atoms with Gasteiger partial charge in [0.2, 0.25) is 0 Å². The first kappa shape index (κ1) is 24.9. The third-order valence-corrected chi connectivity index (χ3v) is 7.16. The van der Waals surface area contributed by atoms with Gasteiger partial charge in [-0.15, -0.1) is 0 Å². The zero-order chi connectivity index (χ0) is 23.6. The van der Waals surface area contributed by atoms with E-state index < -0.39 is 42.1 Å². The van der Waals surface area contributed by atoms with Crippen molar-refractivity contribution in [2.45, 2.75) is 89.4 Å². The number of rotatable bonds is 12. The van der Waals surface area contributed by atoms with Crippen molar-refractivity contribution in [3.8, 4) is 0 Å². The molecule has 0 aromatic carbocycles. The van der Waals surface area contributed by atoms with Crippen LogP contribution in [0, 0.1) is 17.8 Å². The van der Waals surface area contributed by atoms with E-state index in [4.69, 9.17) is 0 Å². The van der Waals surface area contributed by atoms with Crippen LogP contribution in [0.2, 0.25) is 0 Å². The minimum absolute atomic E-state index is 0.0213. The molecular weight excluding hydrogens is 416 g/mol. The number of carbonyl (C=O) groups excluding carboxylic acids is 2. The van der Waals surface area contributed by atoms with Crippen LogP contribution >= 0.6 is 0 Å². The van der Waals surface area contributed by atoms with E-state index in [0.29, 0.717) is 25.8 Å². The zero-order valence-corrected chi connectivity index (χ0v) is 19.2. The van der Waals surface area contributed by atoms with Gasteiger partial charge in [0.1, 0.15) is 18.0 Å². The smallest absolute Gasteiger partial charge is 0.324 e. The van der Waals surface area contributed by atoms with E-state index in [-0.39, 0.29) is 30.1 Å². The summed E-state index contributed by atoms with van der Waals surface area (Å²) in [7, 11) is 0. The molecule has 6 N–H and O–H groups in total. The Morgan fingerprint density at radius 1 is 1.16 bits per heavy atom. The Labute approximate surface area is 189 Å². The van der Waals surface area contributed by atoms with Crippen molar-refractivity contribution in [2.75, 3.05) is 13.1 Å². The maximum Gasteiger partial charge on any atom is 0.324 e. The third kappa shape index (κ3) is 5.41. The van der Waals surface area contributed by atoms with Gasteiger partial charge in [-0.05, 0) is 43.9 Å². The second-order valence-electron chi connectivity index (χ2n) is 9.86. The molecular formula is C22H38N4O6. The molecule has 6 atom stereocenters.